The average Bonchev–Trinajstić information content (AvgIpc) is 3.22. The van der Waals surface area contributed by atoms with Gasteiger partial charge in [-0.25, -0.2) is 4.98 Å². The fourth-order valence-corrected chi connectivity index (χ4v) is 3.89. The van der Waals surface area contributed by atoms with Crippen molar-refractivity contribution in [1.29, 1.82) is 0 Å². The van der Waals surface area contributed by atoms with E-state index in [2.05, 4.69) is 20.6 Å². The average molecular weight is 431 g/mol. The Labute approximate surface area is 184 Å². The van der Waals surface area contributed by atoms with Crippen LogP contribution in [0.3, 0.4) is 0 Å². The van der Waals surface area contributed by atoms with Crippen molar-refractivity contribution in [3.8, 4) is 0 Å². The maximum Gasteiger partial charge on any atom is 0.253 e. The molecule has 0 saturated heterocycles. The molecule has 0 fully saturated rings. The number of imidazole rings is 1. The molecule has 0 spiro atoms. The lowest BCUT2D eigenvalue weighted by atomic mass is 10.1. The van der Waals surface area contributed by atoms with Crippen molar-refractivity contribution in [3.05, 3.63) is 90.0 Å². The Bertz CT molecular complexity index is 1170. The van der Waals surface area contributed by atoms with Crippen LogP contribution in [0.25, 0.3) is 11.0 Å². The molecule has 0 aliphatic heterocycles. The molecule has 3 N–H and O–H groups in total. The highest BCUT2D eigenvalue weighted by atomic mass is 32.2. The number of amides is 2. The smallest absolute Gasteiger partial charge is 0.253 e. The zero-order valence-corrected chi connectivity index (χ0v) is 17.8. The standard InChI is InChI=1S/C24H22N4O2S/c1-16(17-9-3-2-4-10-17)25-23(30)18-11-5-6-12-19(18)26-22(29)15-31-24-27-20-13-7-8-14-21(20)28-24/h2-14,16H,15H2,1H3,(H,25,30)(H,26,29)(H,27,28)/t16-/m1/s1. The second-order valence-corrected chi connectivity index (χ2v) is 8.01. The monoisotopic (exact) mass is 430 g/mol. The number of aromatic nitrogens is 2. The number of aromatic amines is 1. The van der Waals surface area contributed by atoms with Crippen molar-refractivity contribution in [2.45, 2.75) is 18.1 Å². The van der Waals surface area contributed by atoms with Gasteiger partial charge in [0, 0.05) is 0 Å². The zero-order chi connectivity index (χ0) is 21.6. The third-order valence-corrected chi connectivity index (χ3v) is 5.67. The van der Waals surface area contributed by atoms with Gasteiger partial charge in [-0.2, -0.15) is 0 Å². The van der Waals surface area contributed by atoms with Gasteiger partial charge in [0.1, 0.15) is 0 Å². The van der Waals surface area contributed by atoms with Gasteiger partial charge in [0.05, 0.1) is 34.1 Å². The second kappa shape index (κ2) is 9.49. The summed E-state index contributed by atoms with van der Waals surface area (Å²) >= 11 is 1.32. The Morgan fingerprint density at radius 2 is 1.68 bits per heavy atom. The maximum absolute atomic E-state index is 12.8. The number of fused-ring (bicyclic) bond motifs is 1. The molecule has 7 heteroatoms. The van der Waals surface area contributed by atoms with Crippen LogP contribution in [0.15, 0.2) is 84.0 Å². The summed E-state index contributed by atoms with van der Waals surface area (Å²) in [6, 6.07) is 24.3. The minimum Gasteiger partial charge on any atom is -0.345 e. The lowest BCUT2D eigenvalue weighted by molar-refractivity contribution is -0.113. The molecule has 0 saturated carbocycles. The molecule has 0 aliphatic rings. The van der Waals surface area contributed by atoms with Gasteiger partial charge in [-0.15, -0.1) is 0 Å². The largest absolute Gasteiger partial charge is 0.345 e. The number of hydrogen-bond donors (Lipinski definition) is 3. The number of nitrogens with zero attached hydrogens (tertiary/aromatic N) is 1. The molecular weight excluding hydrogens is 408 g/mol. The van der Waals surface area contributed by atoms with Crippen molar-refractivity contribution in [1.82, 2.24) is 15.3 Å². The summed E-state index contributed by atoms with van der Waals surface area (Å²) in [5, 5.41) is 6.51. The molecule has 6 nitrogen and oxygen atoms in total. The number of thioether (sulfide) groups is 1. The van der Waals surface area contributed by atoms with Gasteiger partial charge in [0.25, 0.3) is 5.91 Å². The number of rotatable bonds is 7. The molecule has 156 valence electrons. The van der Waals surface area contributed by atoms with Gasteiger partial charge in [-0.3, -0.25) is 9.59 Å². The van der Waals surface area contributed by atoms with Gasteiger partial charge >= 0.3 is 0 Å². The van der Waals surface area contributed by atoms with Crippen molar-refractivity contribution in [2.24, 2.45) is 0 Å². The summed E-state index contributed by atoms with van der Waals surface area (Å²) in [6.45, 7) is 1.93. The Morgan fingerprint density at radius 3 is 2.48 bits per heavy atom. The predicted octanol–water partition coefficient (Wildman–Crippen LogP) is 4.78. The molecule has 0 bridgehead atoms. The second-order valence-electron chi connectivity index (χ2n) is 7.05. The minimum absolute atomic E-state index is 0.152. The first-order chi connectivity index (χ1) is 15.1. The third kappa shape index (κ3) is 5.13. The van der Waals surface area contributed by atoms with E-state index in [-0.39, 0.29) is 23.6 Å². The molecule has 0 radical (unpaired) electrons. The number of carbonyl (C=O) groups is 2. The minimum atomic E-state index is -0.239. The lowest BCUT2D eigenvalue weighted by Gasteiger charge is -2.16. The van der Waals surface area contributed by atoms with Crippen LogP contribution < -0.4 is 10.6 Å². The fourth-order valence-electron chi connectivity index (χ4n) is 3.21. The number of anilines is 1. The Balaban J connectivity index is 1.39. The molecule has 1 heterocycles. The molecule has 2 amide bonds. The summed E-state index contributed by atoms with van der Waals surface area (Å²) in [5.74, 6) is -0.269. The van der Waals surface area contributed by atoms with E-state index in [0.29, 0.717) is 16.4 Å². The number of hydrogen-bond acceptors (Lipinski definition) is 4. The predicted molar refractivity (Wildman–Crippen MR) is 124 cm³/mol. The first kappa shape index (κ1) is 20.7. The van der Waals surface area contributed by atoms with Crippen molar-refractivity contribution in [2.75, 3.05) is 11.1 Å². The number of H-pyrrole nitrogens is 1. The molecule has 1 atom stereocenters. The van der Waals surface area contributed by atoms with Crippen LogP contribution in [-0.2, 0) is 4.79 Å². The first-order valence-corrected chi connectivity index (χ1v) is 10.9. The van der Waals surface area contributed by atoms with Crippen LogP contribution in [0.2, 0.25) is 0 Å². The zero-order valence-electron chi connectivity index (χ0n) is 17.0. The van der Waals surface area contributed by atoms with Crippen LogP contribution in [-0.4, -0.2) is 27.5 Å². The Kier molecular flexibility index (Phi) is 6.33. The molecule has 4 rings (SSSR count). The van der Waals surface area contributed by atoms with Crippen molar-refractivity contribution < 1.29 is 9.59 Å². The van der Waals surface area contributed by atoms with Crippen LogP contribution in [0.1, 0.15) is 28.9 Å². The topological polar surface area (TPSA) is 86.9 Å². The number of nitrogens with one attached hydrogen (secondary N) is 3. The van der Waals surface area contributed by atoms with Gasteiger partial charge < -0.3 is 15.6 Å². The van der Waals surface area contributed by atoms with E-state index in [9.17, 15) is 9.59 Å². The van der Waals surface area contributed by atoms with Crippen molar-refractivity contribution >= 4 is 40.3 Å². The number of carbonyl (C=O) groups excluding carboxylic acids is 2. The first-order valence-electron chi connectivity index (χ1n) is 9.92. The third-order valence-electron chi connectivity index (χ3n) is 4.80. The lowest BCUT2D eigenvalue weighted by Crippen LogP contribution is -2.28. The summed E-state index contributed by atoms with van der Waals surface area (Å²) in [7, 11) is 0. The van der Waals surface area contributed by atoms with E-state index in [1.807, 2.05) is 61.5 Å². The van der Waals surface area contributed by atoms with E-state index < -0.39 is 0 Å². The van der Waals surface area contributed by atoms with E-state index in [1.165, 1.54) is 11.8 Å². The highest BCUT2D eigenvalue weighted by molar-refractivity contribution is 7.99. The molecule has 3 aromatic carbocycles. The van der Waals surface area contributed by atoms with Gasteiger partial charge in [0.15, 0.2) is 5.16 Å². The van der Waals surface area contributed by atoms with Gasteiger partial charge in [0.2, 0.25) is 5.91 Å². The van der Waals surface area contributed by atoms with E-state index in [0.717, 1.165) is 16.6 Å². The van der Waals surface area contributed by atoms with Gasteiger partial charge in [-0.05, 0) is 36.8 Å². The van der Waals surface area contributed by atoms with Crippen LogP contribution in [0.4, 0.5) is 5.69 Å². The fraction of sp³-hybridized carbons (Fsp3) is 0.125. The summed E-state index contributed by atoms with van der Waals surface area (Å²) in [4.78, 5) is 33.0. The Hall–Kier alpha value is -3.58. The highest BCUT2D eigenvalue weighted by Gasteiger charge is 2.16. The SMILES string of the molecule is C[C@@H](NC(=O)c1ccccc1NC(=O)CSc1nc2ccccc2[nH]1)c1ccccc1. The maximum atomic E-state index is 12.8. The summed E-state index contributed by atoms with van der Waals surface area (Å²) in [6.07, 6.45) is 0. The summed E-state index contributed by atoms with van der Waals surface area (Å²) < 4.78 is 0. The highest BCUT2D eigenvalue weighted by Crippen LogP contribution is 2.21. The van der Waals surface area contributed by atoms with Gasteiger partial charge in [-0.1, -0.05) is 66.4 Å². The molecule has 0 aliphatic carbocycles. The van der Waals surface area contributed by atoms with E-state index >= 15 is 0 Å². The van der Waals surface area contributed by atoms with Crippen LogP contribution in [0, 0.1) is 0 Å². The van der Waals surface area contributed by atoms with Crippen LogP contribution >= 0.6 is 11.8 Å². The molecule has 4 aromatic rings. The molecule has 0 unspecified atom stereocenters. The normalized spacial score (nSPS) is 11.8. The number of para-hydroxylation sites is 3. The molecule has 1 aromatic heterocycles. The molecule has 31 heavy (non-hydrogen) atoms. The van der Waals surface area contributed by atoms with Crippen molar-refractivity contribution in [3.63, 3.8) is 0 Å². The quantitative estimate of drug-likeness (QED) is 0.368. The molecular formula is C24H22N4O2S. The van der Waals surface area contributed by atoms with E-state index in [1.54, 1.807) is 24.3 Å². The Morgan fingerprint density at radius 1 is 0.968 bits per heavy atom. The van der Waals surface area contributed by atoms with E-state index in [4.69, 9.17) is 0 Å². The van der Waals surface area contributed by atoms with Crippen LogP contribution in [0.5, 0.6) is 0 Å². The number of benzene rings is 3. The summed E-state index contributed by atoms with van der Waals surface area (Å²) in [5.41, 5.74) is 3.71.